The number of hydrogen-bond donors (Lipinski definition) is 1. The summed E-state index contributed by atoms with van der Waals surface area (Å²) in [7, 11) is 0. The molecule has 1 N–H and O–H groups in total. The Balaban J connectivity index is 2.13. The van der Waals surface area contributed by atoms with E-state index in [9.17, 15) is 5.11 Å². The molecule has 1 heteroatoms. The van der Waals surface area contributed by atoms with Crippen LogP contribution in [-0.4, -0.2) is 11.7 Å². The molecule has 0 radical (unpaired) electrons. The summed E-state index contributed by atoms with van der Waals surface area (Å²) < 4.78 is 0. The third-order valence-electron chi connectivity index (χ3n) is 3.76. The first kappa shape index (κ1) is 9.86. The number of aliphatic hydroxyl groups is 1. The molecule has 1 aliphatic rings. The van der Waals surface area contributed by atoms with Gasteiger partial charge in [0.25, 0.3) is 0 Å². The average Bonchev–Trinajstić information content (AvgIpc) is 3.09. The lowest BCUT2D eigenvalue weighted by molar-refractivity contribution is 0.255. The fourth-order valence-corrected chi connectivity index (χ4v) is 2.38. The summed E-state index contributed by atoms with van der Waals surface area (Å²) in [6.07, 6.45) is 2.25. The molecule has 0 bridgehead atoms. The molecule has 2 aromatic rings. The van der Waals surface area contributed by atoms with Crippen LogP contribution in [0.4, 0.5) is 0 Å². The standard InChI is InChI=1S/C15H16O/c1-11-2-3-13-9-14(5-4-12(13)8-11)15(10-16)6-7-15/h2-5,8-9,16H,6-7,10H2,1H3. The van der Waals surface area contributed by atoms with Crippen molar-refractivity contribution in [3.63, 3.8) is 0 Å². The second kappa shape index (κ2) is 3.33. The fourth-order valence-electron chi connectivity index (χ4n) is 2.38. The molecule has 1 aliphatic carbocycles. The number of aryl methyl sites for hydroxylation is 1. The number of benzene rings is 2. The molecular formula is C15H16O. The minimum absolute atomic E-state index is 0.0824. The molecule has 0 aliphatic heterocycles. The van der Waals surface area contributed by atoms with Crippen LogP contribution in [0.5, 0.6) is 0 Å². The monoisotopic (exact) mass is 212 g/mol. The molecule has 0 saturated heterocycles. The Kier molecular flexibility index (Phi) is 2.05. The van der Waals surface area contributed by atoms with E-state index in [0.717, 1.165) is 12.8 Å². The van der Waals surface area contributed by atoms with Crippen LogP contribution in [0, 0.1) is 6.92 Å². The lowest BCUT2D eigenvalue weighted by atomic mass is 9.94. The predicted molar refractivity (Wildman–Crippen MR) is 66.7 cm³/mol. The molecule has 3 rings (SSSR count). The first-order valence-electron chi connectivity index (χ1n) is 5.85. The van der Waals surface area contributed by atoms with E-state index in [4.69, 9.17) is 0 Å². The van der Waals surface area contributed by atoms with E-state index in [2.05, 4.69) is 43.3 Å². The lowest BCUT2D eigenvalue weighted by Gasteiger charge is -2.13. The van der Waals surface area contributed by atoms with Crippen molar-refractivity contribution in [3.8, 4) is 0 Å². The van der Waals surface area contributed by atoms with Crippen LogP contribution in [0.1, 0.15) is 24.0 Å². The van der Waals surface area contributed by atoms with Crippen LogP contribution in [0.3, 0.4) is 0 Å². The second-order valence-corrected chi connectivity index (χ2v) is 5.00. The van der Waals surface area contributed by atoms with E-state index in [1.807, 2.05) is 0 Å². The number of aliphatic hydroxyl groups excluding tert-OH is 1. The van der Waals surface area contributed by atoms with Gasteiger partial charge in [0.05, 0.1) is 6.61 Å². The molecule has 16 heavy (non-hydrogen) atoms. The highest BCUT2D eigenvalue weighted by atomic mass is 16.3. The molecule has 0 atom stereocenters. The fraction of sp³-hybridized carbons (Fsp3) is 0.333. The summed E-state index contributed by atoms with van der Waals surface area (Å²) in [6.45, 7) is 2.40. The largest absolute Gasteiger partial charge is 0.395 e. The van der Waals surface area contributed by atoms with Crippen molar-refractivity contribution in [2.45, 2.75) is 25.2 Å². The Morgan fingerprint density at radius 3 is 2.44 bits per heavy atom. The normalized spacial score (nSPS) is 17.6. The highest BCUT2D eigenvalue weighted by Crippen LogP contribution is 2.48. The summed E-state index contributed by atoms with van der Waals surface area (Å²) in [5, 5.41) is 12.0. The smallest absolute Gasteiger partial charge is 0.0527 e. The molecule has 1 nitrogen and oxygen atoms in total. The van der Waals surface area contributed by atoms with Crippen molar-refractivity contribution in [2.24, 2.45) is 0 Å². The lowest BCUT2D eigenvalue weighted by Crippen LogP contribution is -2.11. The summed E-state index contributed by atoms with van der Waals surface area (Å²) in [6, 6.07) is 13.1. The van der Waals surface area contributed by atoms with Crippen molar-refractivity contribution < 1.29 is 5.11 Å². The van der Waals surface area contributed by atoms with Gasteiger partial charge >= 0.3 is 0 Å². The summed E-state index contributed by atoms with van der Waals surface area (Å²) >= 11 is 0. The number of hydrogen-bond acceptors (Lipinski definition) is 1. The van der Waals surface area contributed by atoms with Gasteiger partial charge in [-0.2, -0.15) is 0 Å². The van der Waals surface area contributed by atoms with E-state index < -0.39 is 0 Å². The van der Waals surface area contributed by atoms with Gasteiger partial charge in [-0.15, -0.1) is 0 Å². The van der Waals surface area contributed by atoms with Crippen LogP contribution in [0.2, 0.25) is 0 Å². The van der Waals surface area contributed by atoms with E-state index in [1.165, 1.54) is 21.9 Å². The minimum atomic E-state index is 0.0824. The minimum Gasteiger partial charge on any atom is -0.395 e. The highest BCUT2D eigenvalue weighted by Gasteiger charge is 2.43. The summed E-state index contributed by atoms with van der Waals surface area (Å²) in [5.74, 6) is 0. The Morgan fingerprint density at radius 1 is 1.06 bits per heavy atom. The summed E-state index contributed by atoms with van der Waals surface area (Å²) in [4.78, 5) is 0. The van der Waals surface area contributed by atoms with Gasteiger partial charge in [-0.1, -0.05) is 42.0 Å². The van der Waals surface area contributed by atoms with Crippen LogP contribution >= 0.6 is 0 Å². The van der Waals surface area contributed by atoms with E-state index in [1.54, 1.807) is 0 Å². The van der Waals surface area contributed by atoms with Gasteiger partial charge in [0.15, 0.2) is 0 Å². The maximum absolute atomic E-state index is 9.43. The Labute approximate surface area is 95.7 Å². The van der Waals surface area contributed by atoms with Gasteiger partial charge in [-0.25, -0.2) is 0 Å². The molecule has 82 valence electrons. The molecule has 1 fully saturated rings. The van der Waals surface area contributed by atoms with E-state index in [-0.39, 0.29) is 12.0 Å². The van der Waals surface area contributed by atoms with Gasteiger partial charge < -0.3 is 5.11 Å². The number of fused-ring (bicyclic) bond motifs is 1. The average molecular weight is 212 g/mol. The summed E-state index contributed by atoms with van der Waals surface area (Å²) in [5.41, 5.74) is 2.67. The molecule has 2 aromatic carbocycles. The van der Waals surface area contributed by atoms with Crippen LogP contribution in [0.25, 0.3) is 10.8 Å². The predicted octanol–water partition coefficient (Wildman–Crippen LogP) is 3.17. The third-order valence-corrected chi connectivity index (χ3v) is 3.76. The van der Waals surface area contributed by atoms with Crippen LogP contribution in [0.15, 0.2) is 36.4 Å². The quantitative estimate of drug-likeness (QED) is 0.810. The van der Waals surface area contributed by atoms with E-state index in [0.29, 0.717) is 0 Å². The van der Waals surface area contributed by atoms with Gasteiger partial charge in [0.1, 0.15) is 0 Å². The van der Waals surface area contributed by atoms with Gasteiger partial charge in [0, 0.05) is 5.41 Å². The maximum Gasteiger partial charge on any atom is 0.0527 e. The Morgan fingerprint density at radius 2 is 1.75 bits per heavy atom. The zero-order chi connectivity index (χ0) is 11.2. The van der Waals surface area contributed by atoms with Crippen LogP contribution < -0.4 is 0 Å². The second-order valence-electron chi connectivity index (χ2n) is 5.00. The molecule has 0 unspecified atom stereocenters. The molecule has 0 amide bonds. The van der Waals surface area contributed by atoms with Crippen molar-refractivity contribution >= 4 is 10.8 Å². The molecular weight excluding hydrogens is 196 g/mol. The van der Waals surface area contributed by atoms with Crippen molar-refractivity contribution in [2.75, 3.05) is 6.61 Å². The number of rotatable bonds is 2. The Hall–Kier alpha value is -1.34. The van der Waals surface area contributed by atoms with E-state index >= 15 is 0 Å². The SMILES string of the molecule is Cc1ccc2cc(C3(CO)CC3)ccc2c1. The Bertz CT molecular complexity index is 538. The zero-order valence-electron chi connectivity index (χ0n) is 9.53. The first-order valence-corrected chi connectivity index (χ1v) is 5.85. The zero-order valence-corrected chi connectivity index (χ0v) is 9.53. The van der Waals surface area contributed by atoms with Gasteiger partial charge in [0.2, 0.25) is 0 Å². The molecule has 1 saturated carbocycles. The topological polar surface area (TPSA) is 20.2 Å². The van der Waals surface area contributed by atoms with Crippen LogP contribution in [-0.2, 0) is 5.41 Å². The van der Waals surface area contributed by atoms with Gasteiger partial charge in [-0.3, -0.25) is 0 Å². The third kappa shape index (κ3) is 1.43. The van der Waals surface area contributed by atoms with Crippen molar-refractivity contribution in [1.82, 2.24) is 0 Å². The maximum atomic E-state index is 9.43. The molecule has 0 spiro atoms. The van der Waals surface area contributed by atoms with Crippen molar-refractivity contribution in [1.29, 1.82) is 0 Å². The molecule has 0 aromatic heterocycles. The molecule has 0 heterocycles. The van der Waals surface area contributed by atoms with Gasteiger partial charge in [-0.05, 0) is 36.1 Å². The highest BCUT2D eigenvalue weighted by molar-refractivity contribution is 5.84. The van der Waals surface area contributed by atoms with Crippen molar-refractivity contribution in [3.05, 3.63) is 47.5 Å². The first-order chi connectivity index (χ1) is 7.73.